The second-order valence-electron chi connectivity index (χ2n) is 5.92. The van der Waals surface area contributed by atoms with Crippen LogP contribution in [-0.4, -0.2) is 49.7 Å². The Kier molecular flexibility index (Phi) is 5.02. The molecular weight excluding hydrogens is 330 g/mol. The van der Waals surface area contributed by atoms with Gasteiger partial charge >= 0.3 is 0 Å². The van der Waals surface area contributed by atoms with Gasteiger partial charge in [-0.05, 0) is 36.8 Å². The first-order valence-electron chi connectivity index (χ1n) is 8.38. The predicted molar refractivity (Wildman–Crippen MR) is 101 cm³/mol. The van der Waals surface area contributed by atoms with E-state index < -0.39 is 6.04 Å². The van der Waals surface area contributed by atoms with E-state index in [2.05, 4.69) is 10.3 Å². The molecule has 0 saturated heterocycles. The smallest absolute Gasteiger partial charge is 0.256 e. The number of hydrogen-bond donors (Lipinski definition) is 1. The Morgan fingerprint density at radius 3 is 2.92 bits per heavy atom. The molecule has 0 radical (unpaired) electrons. The number of allylic oxidation sites excluding steroid dienone is 2. The van der Waals surface area contributed by atoms with Crippen LogP contribution in [0.5, 0.6) is 5.75 Å². The molecule has 1 N–H and O–H groups in total. The number of carbonyl (C=O) groups is 2. The first-order valence-corrected chi connectivity index (χ1v) is 8.38. The van der Waals surface area contributed by atoms with Gasteiger partial charge in [-0.2, -0.15) is 0 Å². The average Bonchev–Trinajstić information content (AvgIpc) is 3.16. The number of carbonyl (C=O) groups excluding carboxylic acids is 2. The fourth-order valence-corrected chi connectivity index (χ4v) is 3.06. The second-order valence-corrected chi connectivity index (χ2v) is 5.92. The van der Waals surface area contributed by atoms with E-state index in [9.17, 15) is 9.59 Å². The highest BCUT2D eigenvalue weighted by Gasteiger charge is 2.35. The van der Waals surface area contributed by atoms with Gasteiger partial charge in [0.15, 0.2) is 6.04 Å². The summed E-state index contributed by atoms with van der Waals surface area (Å²) in [6.45, 7) is 2.38. The number of nitrogens with one attached hydrogen (secondary N) is 1. The van der Waals surface area contributed by atoms with Gasteiger partial charge < -0.3 is 15.0 Å². The van der Waals surface area contributed by atoms with Crippen LogP contribution in [-0.2, 0) is 4.79 Å². The van der Waals surface area contributed by atoms with Crippen molar-refractivity contribution in [3.05, 3.63) is 59.3 Å². The maximum Gasteiger partial charge on any atom is 0.256 e. The monoisotopic (exact) mass is 351 g/mol. The lowest BCUT2D eigenvalue weighted by Gasteiger charge is -2.29. The molecule has 0 aliphatic carbocycles. The van der Waals surface area contributed by atoms with Crippen LogP contribution in [0, 0.1) is 0 Å². The molecule has 0 spiro atoms. The van der Waals surface area contributed by atoms with E-state index in [0.29, 0.717) is 17.9 Å². The molecule has 134 valence electrons. The lowest BCUT2D eigenvalue weighted by Crippen LogP contribution is -2.39. The van der Waals surface area contributed by atoms with Gasteiger partial charge in [-0.3, -0.25) is 14.6 Å². The van der Waals surface area contributed by atoms with Crippen LogP contribution in [0.2, 0.25) is 0 Å². The van der Waals surface area contributed by atoms with E-state index in [1.807, 2.05) is 31.4 Å². The Morgan fingerprint density at radius 1 is 1.42 bits per heavy atom. The van der Waals surface area contributed by atoms with E-state index in [-0.39, 0.29) is 11.8 Å². The summed E-state index contributed by atoms with van der Waals surface area (Å²) < 4.78 is 5.50. The van der Waals surface area contributed by atoms with Crippen LogP contribution in [0.25, 0.3) is 5.57 Å². The van der Waals surface area contributed by atoms with Crippen molar-refractivity contribution in [3.8, 4) is 5.75 Å². The first kappa shape index (κ1) is 17.7. The van der Waals surface area contributed by atoms with Crippen LogP contribution in [0.1, 0.15) is 22.8 Å². The topological polar surface area (TPSA) is 71.0 Å². The Morgan fingerprint density at radius 2 is 2.23 bits per heavy atom. The number of ether oxygens (including phenoxy) is 1. The van der Waals surface area contributed by atoms with Crippen LogP contribution in [0.15, 0.2) is 53.2 Å². The van der Waals surface area contributed by atoms with Crippen LogP contribution < -0.4 is 10.1 Å². The van der Waals surface area contributed by atoms with Crippen molar-refractivity contribution in [2.24, 2.45) is 4.99 Å². The van der Waals surface area contributed by atoms with Crippen LogP contribution in [0.4, 0.5) is 0 Å². The molecule has 1 aromatic rings. The van der Waals surface area contributed by atoms with E-state index >= 15 is 0 Å². The SMILES string of the molecule is C/C=C/CN1C=C(c2cc(C(=O)NC)ccc2OC)C2=CC=NC2C1=O. The van der Waals surface area contributed by atoms with Crippen molar-refractivity contribution in [1.29, 1.82) is 0 Å². The molecule has 0 aromatic heterocycles. The van der Waals surface area contributed by atoms with Gasteiger partial charge in [0.25, 0.3) is 11.8 Å². The Bertz CT molecular complexity index is 865. The van der Waals surface area contributed by atoms with E-state index in [1.165, 1.54) is 0 Å². The van der Waals surface area contributed by atoms with Crippen molar-refractivity contribution < 1.29 is 14.3 Å². The number of benzene rings is 1. The standard InChI is InChI=1S/C20H21N3O3/c1-4-5-10-23-12-16(14-8-9-22-18(14)20(23)25)15-11-13(19(24)21-2)6-7-17(15)26-3/h4-9,11-12,18H,10H2,1-3H3,(H,21,24)/b5-4+. The molecule has 2 aliphatic rings. The van der Waals surface area contributed by atoms with Gasteiger partial charge in [0.05, 0.1) is 7.11 Å². The van der Waals surface area contributed by atoms with Gasteiger partial charge in [-0.15, -0.1) is 0 Å². The minimum atomic E-state index is -0.548. The van der Waals surface area contributed by atoms with Gasteiger partial charge in [-0.1, -0.05) is 12.2 Å². The highest BCUT2D eigenvalue weighted by Crippen LogP contribution is 2.38. The number of amides is 2. The Balaban J connectivity index is 2.13. The summed E-state index contributed by atoms with van der Waals surface area (Å²) in [6, 6.07) is 4.71. The third kappa shape index (κ3) is 3.06. The summed E-state index contributed by atoms with van der Waals surface area (Å²) in [4.78, 5) is 30.7. The predicted octanol–water partition coefficient (Wildman–Crippen LogP) is 2.19. The summed E-state index contributed by atoms with van der Waals surface area (Å²) in [5, 5.41) is 2.63. The minimum Gasteiger partial charge on any atom is -0.496 e. The normalized spacial score (nSPS) is 18.7. The molecule has 1 atom stereocenters. The zero-order chi connectivity index (χ0) is 18.7. The molecule has 6 heteroatoms. The highest BCUT2D eigenvalue weighted by molar-refractivity contribution is 6.05. The Labute approximate surface area is 152 Å². The average molecular weight is 351 g/mol. The van der Waals surface area contributed by atoms with Gasteiger partial charge in [0, 0.05) is 42.7 Å². The Hall–Kier alpha value is -3.15. The number of hydrogen-bond acceptors (Lipinski definition) is 4. The van der Waals surface area contributed by atoms with Crippen molar-refractivity contribution in [2.75, 3.05) is 20.7 Å². The summed E-state index contributed by atoms with van der Waals surface area (Å²) in [5.41, 5.74) is 2.93. The zero-order valence-corrected chi connectivity index (χ0v) is 15.0. The lowest BCUT2D eigenvalue weighted by molar-refractivity contribution is -0.128. The molecule has 6 nitrogen and oxygen atoms in total. The van der Waals surface area contributed by atoms with Crippen LogP contribution >= 0.6 is 0 Å². The van der Waals surface area contributed by atoms with Crippen molar-refractivity contribution in [3.63, 3.8) is 0 Å². The number of methoxy groups -OCH3 is 1. The molecule has 26 heavy (non-hydrogen) atoms. The fourth-order valence-electron chi connectivity index (χ4n) is 3.06. The molecule has 0 bridgehead atoms. The zero-order valence-electron chi connectivity index (χ0n) is 15.0. The lowest BCUT2D eigenvalue weighted by atomic mass is 9.89. The summed E-state index contributed by atoms with van der Waals surface area (Å²) in [5.74, 6) is 0.393. The molecule has 1 aromatic carbocycles. The van der Waals surface area contributed by atoms with Gasteiger partial charge in [0.2, 0.25) is 0 Å². The number of nitrogens with zero attached hydrogens (tertiary/aromatic N) is 2. The van der Waals surface area contributed by atoms with Gasteiger partial charge in [-0.25, -0.2) is 0 Å². The maximum atomic E-state index is 12.7. The minimum absolute atomic E-state index is 0.0618. The van der Waals surface area contributed by atoms with E-state index in [4.69, 9.17) is 4.74 Å². The fraction of sp³-hybridized carbons (Fsp3) is 0.250. The van der Waals surface area contributed by atoms with E-state index in [0.717, 1.165) is 16.7 Å². The molecule has 0 fully saturated rings. The van der Waals surface area contributed by atoms with E-state index in [1.54, 1.807) is 43.5 Å². The molecule has 2 amide bonds. The largest absolute Gasteiger partial charge is 0.496 e. The molecular formula is C20H21N3O3. The summed E-state index contributed by atoms with van der Waals surface area (Å²) in [6.07, 6.45) is 9.12. The molecule has 2 heterocycles. The molecule has 2 aliphatic heterocycles. The van der Waals surface area contributed by atoms with Crippen molar-refractivity contribution in [2.45, 2.75) is 13.0 Å². The highest BCUT2D eigenvalue weighted by atomic mass is 16.5. The molecule has 3 rings (SSSR count). The number of fused-ring (bicyclic) bond motifs is 1. The van der Waals surface area contributed by atoms with Crippen LogP contribution in [0.3, 0.4) is 0 Å². The second kappa shape index (κ2) is 7.39. The quantitative estimate of drug-likeness (QED) is 0.827. The van der Waals surface area contributed by atoms with Gasteiger partial charge in [0.1, 0.15) is 5.75 Å². The molecule has 1 unspecified atom stereocenters. The maximum absolute atomic E-state index is 12.7. The third-order valence-corrected chi connectivity index (χ3v) is 4.41. The molecule has 0 saturated carbocycles. The number of aliphatic imine (C=N–C) groups is 1. The third-order valence-electron chi connectivity index (χ3n) is 4.41. The van der Waals surface area contributed by atoms with Crippen molar-refractivity contribution in [1.82, 2.24) is 10.2 Å². The van der Waals surface area contributed by atoms with Crippen molar-refractivity contribution >= 4 is 23.6 Å². The summed E-state index contributed by atoms with van der Waals surface area (Å²) >= 11 is 0. The number of rotatable bonds is 5. The first-order chi connectivity index (χ1) is 12.6. The summed E-state index contributed by atoms with van der Waals surface area (Å²) in [7, 11) is 3.18.